The van der Waals surface area contributed by atoms with Crippen LogP contribution in [-0.2, 0) is 4.79 Å². The number of nitrogens with one attached hydrogen (secondary N) is 2. The Balaban J connectivity index is 1.48. The minimum Gasteiger partial charge on any atom is -0.393 e. The number of carbonyl (C=O) groups is 1. The molecule has 1 saturated carbocycles. The molecular weight excluding hydrogens is 266 g/mol. The number of nitrogens with zero attached hydrogens (tertiary/aromatic N) is 1. The van der Waals surface area contributed by atoms with Gasteiger partial charge in [0.25, 0.3) is 0 Å². The lowest BCUT2D eigenvalue weighted by molar-refractivity contribution is -0.126. The van der Waals surface area contributed by atoms with Crippen LogP contribution < -0.4 is 10.6 Å². The predicted octanol–water partition coefficient (Wildman–Crippen LogP) is 0.480. The highest BCUT2D eigenvalue weighted by molar-refractivity contribution is 5.82. The zero-order valence-corrected chi connectivity index (χ0v) is 12.9. The molecule has 1 aliphatic carbocycles. The first-order valence-corrected chi connectivity index (χ1v) is 8.66. The maximum atomic E-state index is 12.5. The van der Waals surface area contributed by atoms with E-state index in [0.717, 1.165) is 58.3 Å². The third kappa shape index (κ3) is 3.76. The summed E-state index contributed by atoms with van der Waals surface area (Å²) in [5.41, 5.74) is 0. The van der Waals surface area contributed by atoms with Gasteiger partial charge < -0.3 is 15.7 Å². The van der Waals surface area contributed by atoms with E-state index in [4.69, 9.17) is 0 Å². The Labute approximate surface area is 127 Å². The van der Waals surface area contributed by atoms with E-state index in [1.807, 2.05) is 0 Å². The maximum Gasteiger partial charge on any atom is 0.237 e. The van der Waals surface area contributed by atoms with Crippen LogP contribution in [0.1, 0.15) is 44.9 Å². The third-order valence-electron chi connectivity index (χ3n) is 5.45. The van der Waals surface area contributed by atoms with Crippen LogP contribution in [0.4, 0.5) is 0 Å². The number of hydrogen-bond donors (Lipinski definition) is 3. The quantitative estimate of drug-likeness (QED) is 0.706. The van der Waals surface area contributed by atoms with E-state index >= 15 is 0 Å². The fraction of sp³-hybridized carbons (Fsp3) is 0.938. The SMILES string of the molecule is O=C(NCC1CCC(O)C1)C1CCCN1C1CCNCC1. The van der Waals surface area contributed by atoms with Gasteiger partial charge in [0.1, 0.15) is 0 Å². The van der Waals surface area contributed by atoms with E-state index in [1.54, 1.807) is 0 Å². The Hall–Kier alpha value is -0.650. The summed E-state index contributed by atoms with van der Waals surface area (Å²) in [6.07, 6.45) is 7.12. The molecule has 3 unspecified atom stereocenters. The van der Waals surface area contributed by atoms with Crippen molar-refractivity contribution in [2.24, 2.45) is 5.92 Å². The smallest absolute Gasteiger partial charge is 0.237 e. The molecule has 2 heterocycles. The highest BCUT2D eigenvalue weighted by Gasteiger charge is 2.36. The molecule has 3 N–H and O–H groups in total. The standard InChI is InChI=1S/C16H29N3O2/c20-14-4-3-12(10-14)11-18-16(21)15-2-1-9-19(15)13-5-7-17-8-6-13/h12-15,17,20H,1-11H2,(H,18,21). The van der Waals surface area contributed by atoms with Crippen LogP contribution in [0, 0.1) is 5.92 Å². The van der Waals surface area contributed by atoms with Crippen LogP contribution in [0.5, 0.6) is 0 Å². The van der Waals surface area contributed by atoms with Crippen molar-refractivity contribution in [1.82, 2.24) is 15.5 Å². The molecule has 3 rings (SSSR count). The molecule has 120 valence electrons. The molecular formula is C16H29N3O2. The Morgan fingerprint density at radius 1 is 1.19 bits per heavy atom. The number of aliphatic hydroxyl groups excluding tert-OH is 1. The lowest BCUT2D eigenvalue weighted by Gasteiger charge is -2.35. The lowest BCUT2D eigenvalue weighted by Crippen LogP contribution is -2.51. The van der Waals surface area contributed by atoms with Gasteiger partial charge in [-0.3, -0.25) is 9.69 Å². The first kappa shape index (κ1) is 15.3. The van der Waals surface area contributed by atoms with Crippen molar-refractivity contribution < 1.29 is 9.90 Å². The second kappa shape index (κ2) is 7.07. The van der Waals surface area contributed by atoms with E-state index in [-0.39, 0.29) is 18.1 Å². The van der Waals surface area contributed by atoms with Gasteiger partial charge in [-0.15, -0.1) is 0 Å². The molecule has 3 fully saturated rings. The summed E-state index contributed by atoms with van der Waals surface area (Å²) in [6.45, 7) is 3.97. The number of hydrogen-bond acceptors (Lipinski definition) is 4. The molecule has 5 nitrogen and oxygen atoms in total. The number of aliphatic hydroxyl groups is 1. The highest BCUT2D eigenvalue weighted by atomic mass is 16.3. The second-order valence-corrected chi connectivity index (χ2v) is 6.96. The first-order valence-electron chi connectivity index (χ1n) is 8.66. The van der Waals surface area contributed by atoms with E-state index in [2.05, 4.69) is 15.5 Å². The third-order valence-corrected chi connectivity index (χ3v) is 5.45. The summed E-state index contributed by atoms with van der Waals surface area (Å²) in [4.78, 5) is 14.9. The minimum absolute atomic E-state index is 0.0828. The molecule has 5 heteroatoms. The van der Waals surface area contributed by atoms with E-state index < -0.39 is 0 Å². The minimum atomic E-state index is -0.149. The van der Waals surface area contributed by atoms with Gasteiger partial charge in [-0.05, 0) is 70.5 Å². The fourth-order valence-electron chi connectivity index (χ4n) is 4.24. The molecule has 2 aliphatic heterocycles. The summed E-state index contributed by atoms with van der Waals surface area (Å²) >= 11 is 0. The summed E-state index contributed by atoms with van der Waals surface area (Å²) in [6, 6.07) is 0.664. The number of piperidine rings is 1. The average molecular weight is 295 g/mol. The Kier molecular flexibility index (Phi) is 5.14. The highest BCUT2D eigenvalue weighted by Crippen LogP contribution is 2.26. The number of amides is 1. The predicted molar refractivity (Wildman–Crippen MR) is 82.0 cm³/mol. The van der Waals surface area contributed by atoms with Crippen LogP contribution in [0.3, 0.4) is 0 Å². The van der Waals surface area contributed by atoms with Crippen LogP contribution in [0.25, 0.3) is 0 Å². The fourth-order valence-corrected chi connectivity index (χ4v) is 4.24. The van der Waals surface area contributed by atoms with Crippen molar-refractivity contribution in [3.63, 3.8) is 0 Å². The van der Waals surface area contributed by atoms with E-state index in [9.17, 15) is 9.90 Å². The van der Waals surface area contributed by atoms with Crippen molar-refractivity contribution >= 4 is 5.91 Å². The molecule has 21 heavy (non-hydrogen) atoms. The van der Waals surface area contributed by atoms with Crippen LogP contribution in [0.2, 0.25) is 0 Å². The normalized spacial score (nSPS) is 35.2. The van der Waals surface area contributed by atoms with Crippen molar-refractivity contribution in [1.29, 1.82) is 0 Å². The summed E-state index contributed by atoms with van der Waals surface area (Å²) in [5.74, 6) is 0.685. The van der Waals surface area contributed by atoms with E-state index in [1.165, 1.54) is 12.8 Å². The van der Waals surface area contributed by atoms with Gasteiger partial charge >= 0.3 is 0 Å². The first-order chi connectivity index (χ1) is 10.2. The molecule has 0 aromatic rings. The second-order valence-electron chi connectivity index (χ2n) is 6.96. The average Bonchev–Trinajstić information content (AvgIpc) is 3.14. The van der Waals surface area contributed by atoms with Crippen molar-refractivity contribution in [3.05, 3.63) is 0 Å². The topological polar surface area (TPSA) is 64.6 Å². The monoisotopic (exact) mass is 295 g/mol. The number of likely N-dealkylation sites (tertiary alicyclic amines) is 1. The molecule has 0 bridgehead atoms. The molecule has 2 saturated heterocycles. The van der Waals surface area contributed by atoms with Gasteiger partial charge in [0.2, 0.25) is 5.91 Å². The summed E-state index contributed by atoms with van der Waals surface area (Å²) < 4.78 is 0. The largest absolute Gasteiger partial charge is 0.393 e. The van der Waals surface area contributed by atoms with Gasteiger partial charge in [0.15, 0.2) is 0 Å². The molecule has 0 radical (unpaired) electrons. The molecule has 3 aliphatic rings. The van der Waals surface area contributed by atoms with Gasteiger partial charge in [-0.2, -0.15) is 0 Å². The Morgan fingerprint density at radius 3 is 2.71 bits per heavy atom. The van der Waals surface area contributed by atoms with E-state index in [0.29, 0.717) is 12.0 Å². The summed E-state index contributed by atoms with van der Waals surface area (Å²) in [5, 5.41) is 16.1. The van der Waals surface area contributed by atoms with Crippen LogP contribution >= 0.6 is 0 Å². The van der Waals surface area contributed by atoms with Crippen LogP contribution in [0.15, 0.2) is 0 Å². The van der Waals surface area contributed by atoms with Gasteiger partial charge in [-0.25, -0.2) is 0 Å². The summed E-state index contributed by atoms with van der Waals surface area (Å²) in [7, 11) is 0. The Morgan fingerprint density at radius 2 is 2.00 bits per heavy atom. The van der Waals surface area contributed by atoms with Gasteiger partial charge in [-0.1, -0.05) is 0 Å². The van der Waals surface area contributed by atoms with Gasteiger partial charge in [0.05, 0.1) is 12.1 Å². The molecule has 0 spiro atoms. The zero-order chi connectivity index (χ0) is 14.7. The molecule has 0 aromatic heterocycles. The van der Waals surface area contributed by atoms with Crippen molar-refractivity contribution in [2.75, 3.05) is 26.2 Å². The number of carbonyl (C=O) groups excluding carboxylic acids is 1. The lowest BCUT2D eigenvalue weighted by atomic mass is 10.0. The van der Waals surface area contributed by atoms with Crippen molar-refractivity contribution in [2.45, 2.75) is 63.1 Å². The maximum absolute atomic E-state index is 12.5. The zero-order valence-electron chi connectivity index (χ0n) is 12.9. The van der Waals surface area contributed by atoms with Crippen LogP contribution in [-0.4, -0.2) is 60.3 Å². The molecule has 1 amide bonds. The number of rotatable bonds is 4. The van der Waals surface area contributed by atoms with Crippen molar-refractivity contribution in [3.8, 4) is 0 Å². The molecule has 0 aromatic carbocycles. The Bertz CT molecular complexity index is 357. The molecule has 3 atom stereocenters. The van der Waals surface area contributed by atoms with Gasteiger partial charge in [0, 0.05) is 12.6 Å².